The van der Waals surface area contributed by atoms with E-state index in [0.717, 1.165) is 11.2 Å². The Bertz CT molecular complexity index is 1550. The molecule has 0 bridgehead atoms. The number of pyridine rings is 1. The van der Waals surface area contributed by atoms with Gasteiger partial charge in [-0.15, -0.1) is 0 Å². The summed E-state index contributed by atoms with van der Waals surface area (Å²) >= 11 is 0. The highest BCUT2D eigenvalue weighted by atomic mass is 16.3. The molecule has 1 aliphatic carbocycles. The van der Waals surface area contributed by atoms with Crippen LogP contribution in [0.15, 0.2) is 65.2 Å². The Morgan fingerprint density at radius 3 is 2.35 bits per heavy atom. The van der Waals surface area contributed by atoms with Gasteiger partial charge in [0.15, 0.2) is 6.20 Å². The molecule has 0 radical (unpaired) electrons. The summed E-state index contributed by atoms with van der Waals surface area (Å²) in [6.45, 7) is 11.8. The first kappa shape index (κ1) is 18.6. The van der Waals surface area contributed by atoms with Gasteiger partial charge in [-0.2, -0.15) is 0 Å². The molecule has 0 N–H and O–H groups in total. The maximum Gasteiger partial charge on any atom is 0.216 e. The number of rotatable bonds is 0. The van der Waals surface area contributed by atoms with Crippen LogP contribution in [0.25, 0.3) is 44.0 Å². The van der Waals surface area contributed by atoms with E-state index in [4.69, 9.17) is 4.42 Å². The molecular weight excluding hydrogens is 378 g/mol. The minimum Gasteiger partial charge on any atom is -0.455 e. The van der Waals surface area contributed by atoms with Crippen LogP contribution in [0.3, 0.4) is 0 Å². The summed E-state index contributed by atoms with van der Waals surface area (Å²) < 4.78 is 9.07. The van der Waals surface area contributed by atoms with Gasteiger partial charge >= 0.3 is 0 Å². The molecule has 0 unspecified atom stereocenters. The third-order valence-electron chi connectivity index (χ3n) is 8.13. The Hall–Kier alpha value is -3.13. The molecule has 3 aromatic carbocycles. The van der Waals surface area contributed by atoms with E-state index in [1.54, 1.807) is 0 Å². The van der Waals surface area contributed by atoms with Crippen molar-refractivity contribution in [3.8, 4) is 11.3 Å². The van der Waals surface area contributed by atoms with Crippen molar-refractivity contribution >= 4 is 32.7 Å². The zero-order valence-electron chi connectivity index (χ0n) is 19.1. The van der Waals surface area contributed by atoms with E-state index < -0.39 is 0 Å². The third-order valence-corrected chi connectivity index (χ3v) is 8.13. The van der Waals surface area contributed by atoms with Crippen molar-refractivity contribution in [1.29, 1.82) is 0 Å². The second-order valence-electron chi connectivity index (χ2n) is 10.2. The van der Waals surface area contributed by atoms with E-state index in [2.05, 4.69) is 107 Å². The molecule has 0 amide bonds. The van der Waals surface area contributed by atoms with Crippen LogP contribution >= 0.6 is 0 Å². The summed E-state index contributed by atoms with van der Waals surface area (Å²) in [5.74, 6) is 0. The fourth-order valence-corrected chi connectivity index (χ4v) is 5.75. The Morgan fingerprint density at radius 1 is 0.774 bits per heavy atom. The summed E-state index contributed by atoms with van der Waals surface area (Å²) in [5, 5.41) is 4.83. The van der Waals surface area contributed by atoms with Crippen molar-refractivity contribution in [3.63, 3.8) is 0 Å². The molecule has 0 spiro atoms. The predicted octanol–water partition coefficient (Wildman–Crippen LogP) is 7.11. The van der Waals surface area contributed by atoms with Crippen molar-refractivity contribution in [2.75, 3.05) is 0 Å². The van der Waals surface area contributed by atoms with Crippen molar-refractivity contribution in [2.45, 2.75) is 45.4 Å². The summed E-state index contributed by atoms with van der Waals surface area (Å²) in [4.78, 5) is 0. The van der Waals surface area contributed by atoms with E-state index in [1.165, 1.54) is 49.5 Å². The second-order valence-corrected chi connectivity index (χ2v) is 10.2. The molecule has 2 nitrogen and oxygen atoms in total. The highest BCUT2D eigenvalue weighted by molar-refractivity contribution is 6.16. The molecule has 5 aromatic rings. The minimum atomic E-state index is -0.0996. The van der Waals surface area contributed by atoms with Crippen LogP contribution < -0.4 is 4.57 Å². The molecule has 0 saturated heterocycles. The highest BCUT2D eigenvalue weighted by Crippen LogP contribution is 2.56. The maximum atomic E-state index is 6.79. The van der Waals surface area contributed by atoms with Crippen LogP contribution in [0.2, 0.25) is 0 Å². The lowest BCUT2D eigenvalue weighted by Gasteiger charge is -2.46. The molecule has 154 valence electrons. The third kappa shape index (κ3) is 2.15. The van der Waals surface area contributed by atoms with Crippen LogP contribution in [0.1, 0.15) is 44.4 Å². The number of aromatic nitrogens is 1. The van der Waals surface area contributed by atoms with Gasteiger partial charge in [-0.25, -0.2) is 4.57 Å². The molecule has 2 heteroatoms. The lowest BCUT2D eigenvalue weighted by atomic mass is 9.55. The average Bonchev–Trinajstić information content (AvgIpc) is 3.10. The van der Waals surface area contributed by atoms with Gasteiger partial charge in [0, 0.05) is 44.2 Å². The topological polar surface area (TPSA) is 17.0 Å². The first-order valence-corrected chi connectivity index (χ1v) is 11.1. The van der Waals surface area contributed by atoms with Crippen molar-refractivity contribution in [1.82, 2.24) is 0 Å². The Kier molecular flexibility index (Phi) is 3.46. The molecule has 0 saturated carbocycles. The van der Waals surface area contributed by atoms with Gasteiger partial charge in [-0.05, 0) is 36.1 Å². The van der Waals surface area contributed by atoms with Gasteiger partial charge in [-0.3, -0.25) is 0 Å². The lowest BCUT2D eigenvalue weighted by Crippen LogP contribution is -2.48. The van der Waals surface area contributed by atoms with E-state index in [-0.39, 0.29) is 10.8 Å². The average molecular weight is 407 g/mol. The normalized spacial score (nSPS) is 16.6. The zero-order valence-corrected chi connectivity index (χ0v) is 19.1. The maximum absolute atomic E-state index is 6.79. The Balaban J connectivity index is 1.87. The number of hydrogen-bond acceptors (Lipinski definition) is 1. The molecule has 6 rings (SSSR count). The SMILES string of the molecule is Cc1cc2c(oc3c4ccccc4ccc23)c2c1-c1c(ccc[n+]1C)C(C)(C)C2(C)C. The van der Waals surface area contributed by atoms with Crippen LogP contribution in [0.4, 0.5) is 0 Å². The molecule has 0 aliphatic heterocycles. The molecule has 2 aromatic heterocycles. The van der Waals surface area contributed by atoms with Gasteiger partial charge in [0.25, 0.3) is 0 Å². The van der Waals surface area contributed by atoms with Gasteiger partial charge < -0.3 is 4.42 Å². The first-order valence-electron chi connectivity index (χ1n) is 11.1. The number of furan rings is 1. The van der Waals surface area contributed by atoms with Crippen molar-refractivity contribution in [2.24, 2.45) is 7.05 Å². The van der Waals surface area contributed by atoms with E-state index in [9.17, 15) is 0 Å². The number of benzene rings is 3. The Labute approximate surface area is 183 Å². The van der Waals surface area contributed by atoms with Gasteiger partial charge in [0.05, 0.1) is 5.56 Å². The summed E-state index contributed by atoms with van der Waals surface area (Å²) in [7, 11) is 2.16. The standard InChI is InChI=1S/C29H28NO/c1-17-16-21-20-14-13-18-10-7-8-11-19(18)26(20)31-27(21)24-23(17)25-22(12-9-15-30(25)6)28(2,3)29(24,4)5/h7-16H,1-6H3/q+1. The second kappa shape index (κ2) is 5.76. The van der Waals surface area contributed by atoms with Gasteiger partial charge in [0.2, 0.25) is 5.69 Å². The number of nitrogens with zero attached hydrogens (tertiary/aromatic N) is 1. The summed E-state index contributed by atoms with van der Waals surface area (Å²) in [5.41, 5.74) is 8.58. The van der Waals surface area contributed by atoms with E-state index in [0.29, 0.717) is 0 Å². The molecule has 2 heterocycles. The summed E-state index contributed by atoms with van der Waals surface area (Å²) in [6.07, 6.45) is 2.16. The van der Waals surface area contributed by atoms with Crippen LogP contribution in [0, 0.1) is 6.92 Å². The molecular formula is C29H28NO+. The fourth-order valence-electron chi connectivity index (χ4n) is 5.75. The van der Waals surface area contributed by atoms with Crippen LogP contribution in [-0.4, -0.2) is 0 Å². The van der Waals surface area contributed by atoms with Gasteiger partial charge in [0.1, 0.15) is 18.2 Å². The molecule has 0 atom stereocenters. The molecule has 31 heavy (non-hydrogen) atoms. The van der Waals surface area contributed by atoms with Gasteiger partial charge in [-0.1, -0.05) is 58.0 Å². The zero-order chi connectivity index (χ0) is 21.7. The molecule has 0 fully saturated rings. The lowest BCUT2D eigenvalue weighted by molar-refractivity contribution is -0.661. The van der Waals surface area contributed by atoms with Crippen LogP contribution in [0.5, 0.6) is 0 Å². The Morgan fingerprint density at radius 2 is 1.55 bits per heavy atom. The number of aryl methyl sites for hydroxylation is 2. The predicted molar refractivity (Wildman–Crippen MR) is 129 cm³/mol. The summed E-state index contributed by atoms with van der Waals surface area (Å²) in [6, 6.07) is 19.8. The van der Waals surface area contributed by atoms with E-state index in [1.807, 2.05) is 0 Å². The van der Waals surface area contributed by atoms with E-state index >= 15 is 0 Å². The largest absolute Gasteiger partial charge is 0.455 e. The minimum absolute atomic E-state index is 0.0455. The van der Waals surface area contributed by atoms with Crippen molar-refractivity contribution < 1.29 is 8.98 Å². The highest BCUT2D eigenvalue weighted by Gasteiger charge is 2.51. The number of fused-ring (bicyclic) bond motifs is 9. The van der Waals surface area contributed by atoms with Crippen LogP contribution in [-0.2, 0) is 17.9 Å². The monoisotopic (exact) mass is 406 g/mol. The first-order chi connectivity index (χ1) is 14.7. The quantitative estimate of drug-likeness (QED) is 0.250. The number of hydrogen-bond donors (Lipinski definition) is 0. The van der Waals surface area contributed by atoms with Crippen molar-refractivity contribution in [3.05, 3.63) is 77.5 Å². The fraction of sp³-hybridized carbons (Fsp3) is 0.276. The molecule has 1 aliphatic rings. The smallest absolute Gasteiger partial charge is 0.216 e.